The fraction of sp³-hybridized carbons (Fsp3) is 0.227. The van der Waals surface area contributed by atoms with Crippen LogP contribution >= 0.6 is 0 Å². The average Bonchev–Trinajstić information content (AvgIpc) is 3.23. The van der Waals surface area contributed by atoms with Crippen molar-refractivity contribution >= 4 is 5.91 Å². The second-order valence-corrected chi connectivity index (χ2v) is 6.63. The predicted octanol–water partition coefficient (Wildman–Crippen LogP) is 4.25. The maximum Gasteiger partial charge on any atom is 0.254 e. The molecule has 4 heteroatoms. The highest BCUT2D eigenvalue weighted by molar-refractivity contribution is 5.95. The SMILES string of the molecule is COc1ccc2c(c1)C(C)N(C(=O)c1cccc(-n3cccc3)c1)CC2. The van der Waals surface area contributed by atoms with Crippen LogP contribution in [0.3, 0.4) is 0 Å². The largest absolute Gasteiger partial charge is 0.497 e. The Morgan fingerprint density at radius 2 is 1.88 bits per heavy atom. The van der Waals surface area contributed by atoms with Crippen molar-refractivity contribution in [2.75, 3.05) is 13.7 Å². The van der Waals surface area contributed by atoms with Gasteiger partial charge in [-0.05, 0) is 66.9 Å². The van der Waals surface area contributed by atoms with Crippen LogP contribution < -0.4 is 4.74 Å². The number of rotatable bonds is 3. The molecule has 132 valence electrons. The van der Waals surface area contributed by atoms with Gasteiger partial charge >= 0.3 is 0 Å². The van der Waals surface area contributed by atoms with Crippen LogP contribution in [0.1, 0.15) is 34.5 Å². The van der Waals surface area contributed by atoms with E-state index in [9.17, 15) is 4.79 Å². The molecule has 0 radical (unpaired) electrons. The van der Waals surface area contributed by atoms with Crippen LogP contribution in [0.5, 0.6) is 5.75 Å². The van der Waals surface area contributed by atoms with Gasteiger partial charge in [0.2, 0.25) is 0 Å². The van der Waals surface area contributed by atoms with Crippen molar-refractivity contribution < 1.29 is 9.53 Å². The van der Waals surface area contributed by atoms with Crippen molar-refractivity contribution in [3.63, 3.8) is 0 Å². The van der Waals surface area contributed by atoms with Crippen molar-refractivity contribution in [3.05, 3.63) is 83.7 Å². The lowest BCUT2D eigenvalue weighted by molar-refractivity contribution is 0.0677. The van der Waals surface area contributed by atoms with Gasteiger partial charge < -0.3 is 14.2 Å². The lowest BCUT2D eigenvalue weighted by Gasteiger charge is -2.35. The molecular weight excluding hydrogens is 324 g/mol. The number of carbonyl (C=O) groups is 1. The second kappa shape index (κ2) is 6.71. The van der Waals surface area contributed by atoms with E-state index >= 15 is 0 Å². The third-order valence-corrected chi connectivity index (χ3v) is 5.15. The first-order valence-electron chi connectivity index (χ1n) is 8.88. The van der Waals surface area contributed by atoms with Crippen LogP contribution in [0.15, 0.2) is 67.0 Å². The number of methoxy groups -OCH3 is 1. The standard InChI is InChI=1S/C22H22N2O2/c1-16-21-15-20(26-2)9-8-17(21)10-13-24(16)22(25)18-6-5-7-19(14-18)23-11-3-4-12-23/h3-9,11-12,14-16H,10,13H2,1-2H3. The summed E-state index contributed by atoms with van der Waals surface area (Å²) in [7, 11) is 1.67. The zero-order chi connectivity index (χ0) is 18.1. The molecule has 1 atom stereocenters. The van der Waals surface area contributed by atoms with E-state index in [1.807, 2.05) is 64.3 Å². The van der Waals surface area contributed by atoms with Crippen molar-refractivity contribution in [1.82, 2.24) is 9.47 Å². The Balaban J connectivity index is 1.63. The normalized spacial score (nSPS) is 16.2. The van der Waals surface area contributed by atoms with Gasteiger partial charge in [-0.25, -0.2) is 0 Å². The third-order valence-electron chi connectivity index (χ3n) is 5.15. The summed E-state index contributed by atoms with van der Waals surface area (Å²) < 4.78 is 7.37. The van der Waals surface area contributed by atoms with E-state index in [2.05, 4.69) is 19.1 Å². The van der Waals surface area contributed by atoms with E-state index in [0.717, 1.165) is 30.0 Å². The van der Waals surface area contributed by atoms with Crippen LogP contribution in [0.25, 0.3) is 5.69 Å². The number of amides is 1. The summed E-state index contributed by atoms with van der Waals surface area (Å²) in [5, 5.41) is 0. The Kier molecular flexibility index (Phi) is 4.25. The number of hydrogen-bond acceptors (Lipinski definition) is 2. The molecule has 0 aliphatic carbocycles. The molecule has 4 rings (SSSR count). The maximum atomic E-state index is 13.2. The van der Waals surface area contributed by atoms with Crippen molar-refractivity contribution in [1.29, 1.82) is 0 Å². The number of benzene rings is 2. The molecule has 4 nitrogen and oxygen atoms in total. The van der Waals surface area contributed by atoms with E-state index < -0.39 is 0 Å². The van der Waals surface area contributed by atoms with Gasteiger partial charge in [0.15, 0.2) is 0 Å². The average molecular weight is 346 g/mol. The summed E-state index contributed by atoms with van der Waals surface area (Å²) in [5.41, 5.74) is 4.18. The molecule has 0 saturated carbocycles. The van der Waals surface area contributed by atoms with Crippen LogP contribution in [-0.2, 0) is 6.42 Å². The van der Waals surface area contributed by atoms with Crippen molar-refractivity contribution in [2.24, 2.45) is 0 Å². The van der Waals surface area contributed by atoms with Gasteiger partial charge in [0.05, 0.1) is 13.2 Å². The van der Waals surface area contributed by atoms with Crippen LogP contribution in [0, 0.1) is 0 Å². The summed E-state index contributed by atoms with van der Waals surface area (Å²) in [6, 6.07) is 17.9. The number of ether oxygens (including phenoxy) is 1. The summed E-state index contributed by atoms with van der Waals surface area (Å²) in [5.74, 6) is 0.902. The van der Waals surface area contributed by atoms with Gasteiger partial charge in [-0.1, -0.05) is 12.1 Å². The summed E-state index contributed by atoms with van der Waals surface area (Å²) >= 11 is 0. The first kappa shape index (κ1) is 16.5. The fourth-order valence-corrected chi connectivity index (χ4v) is 3.67. The van der Waals surface area contributed by atoms with Gasteiger partial charge in [-0.15, -0.1) is 0 Å². The van der Waals surface area contributed by atoms with Crippen LogP contribution in [0.4, 0.5) is 0 Å². The molecule has 2 aromatic carbocycles. The molecule has 0 fully saturated rings. The van der Waals surface area contributed by atoms with Crippen molar-refractivity contribution in [3.8, 4) is 11.4 Å². The predicted molar refractivity (Wildman–Crippen MR) is 102 cm³/mol. The Morgan fingerprint density at radius 1 is 1.08 bits per heavy atom. The van der Waals surface area contributed by atoms with Crippen molar-refractivity contribution in [2.45, 2.75) is 19.4 Å². The molecule has 0 N–H and O–H groups in total. The molecule has 26 heavy (non-hydrogen) atoms. The van der Waals surface area contributed by atoms with Gasteiger partial charge in [0.1, 0.15) is 5.75 Å². The number of aromatic nitrogens is 1. The first-order valence-corrected chi connectivity index (χ1v) is 8.88. The van der Waals surface area contributed by atoms with Crippen LogP contribution in [0.2, 0.25) is 0 Å². The van der Waals surface area contributed by atoms with Gasteiger partial charge in [-0.2, -0.15) is 0 Å². The van der Waals surface area contributed by atoms with Gasteiger partial charge in [0.25, 0.3) is 5.91 Å². The molecule has 0 saturated heterocycles. The Morgan fingerprint density at radius 3 is 2.65 bits per heavy atom. The quantitative estimate of drug-likeness (QED) is 0.711. The number of nitrogens with zero attached hydrogens (tertiary/aromatic N) is 2. The van der Waals surface area contributed by atoms with Crippen LogP contribution in [-0.4, -0.2) is 29.0 Å². The zero-order valence-electron chi connectivity index (χ0n) is 15.1. The number of fused-ring (bicyclic) bond motifs is 1. The molecule has 1 aromatic heterocycles. The summed E-state index contributed by atoms with van der Waals surface area (Å²) in [4.78, 5) is 15.1. The monoisotopic (exact) mass is 346 g/mol. The van der Waals surface area contributed by atoms with E-state index in [1.165, 1.54) is 11.1 Å². The topological polar surface area (TPSA) is 34.5 Å². The third kappa shape index (κ3) is 2.88. The highest BCUT2D eigenvalue weighted by atomic mass is 16.5. The first-order chi connectivity index (χ1) is 12.7. The minimum Gasteiger partial charge on any atom is -0.497 e. The molecule has 1 aliphatic rings. The molecule has 1 unspecified atom stereocenters. The minimum absolute atomic E-state index is 0.0246. The number of carbonyl (C=O) groups excluding carboxylic acids is 1. The summed E-state index contributed by atoms with van der Waals surface area (Å²) in [6.45, 7) is 2.82. The molecule has 3 aromatic rings. The minimum atomic E-state index is 0.0246. The molecule has 0 bridgehead atoms. The highest BCUT2D eigenvalue weighted by Gasteiger charge is 2.28. The van der Waals surface area contributed by atoms with E-state index in [0.29, 0.717) is 0 Å². The Bertz CT molecular complexity index is 931. The Labute approximate surface area is 153 Å². The van der Waals surface area contributed by atoms with E-state index in [-0.39, 0.29) is 11.9 Å². The molecule has 1 amide bonds. The second-order valence-electron chi connectivity index (χ2n) is 6.63. The highest BCUT2D eigenvalue weighted by Crippen LogP contribution is 2.33. The maximum absolute atomic E-state index is 13.2. The van der Waals surface area contributed by atoms with E-state index in [4.69, 9.17) is 4.74 Å². The van der Waals surface area contributed by atoms with Gasteiger partial charge in [0, 0.05) is 30.2 Å². The lowest BCUT2D eigenvalue weighted by Crippen LogP contribution is -2.38. The van der Waals surface area contributed by atoms with Gasteiger partial charge in [-0.3, -0.25) is 4.79 Å². The molecule has 2 heterocycles. The molecule has 0 spiro atoms. The zero-order valence-corrected chi connectivity index (χ0v) is 15.1. The lowest BCUT2D eigenvalue weighted by atomic mass is 9.92. The Hall–Kier alpha value is -3.01. The molecule has 1 aliphatic heterocycles. The molecular formula is C22H22N2O2. The number of hydrogen-bond donors (Lipinski definition) is 0. The summed E-state index contributed by atoms with van der Waals surface area (Å²) in [6.07, 6.45) is 4.83. The van der Waals surface area contributed by atoms with E-state index in [1.54, 1.807) is 7.11 Å². The smallest absolute Gasteiger partial charge is 0.254 e. The fourth-order valence-electron chi connectivity index (χ4n) is 3.67.